The van der Waals surface area contributed by atoms with Crippen molar-refractivity contribution in [2.24, 2.45) is 17.8 Å². The van der Waals surface area contributed by atoms with E-state index in [2.05, 4.69) is 0 Å². The maximum absolute atomic E-state index is 13.7. The Kier molecular flexibility index (Phi) is 8.71. The lowest BCUT2D eigenvalue weighted by Gasteiger charge is -2.35. The van der Waals surface area contributed by atoms with Crippen molar-refractivity contribution in [1.82, 2.24) is 0 Å². The molecule has 0 saturated carbocycles. The molecule has 1 fully saturated rings. The molecule has 2 aromatic carbocycles. The molecule has 1 saturated heterocycles. The second-order valence-electron chi connectivity index (χ2n) is 10.3. The van der Waals surface area contributed by atoms with Crippen LogP contribution < -0.4 is 10.4 Å². The van der Waals surface area contributed by atoms with Gasteiger partial charge in [0.2, 0.25) is 11.8 Å². The number of hydrogen-bond acceptors (Lipinski definition) is 7. The zero-order chi connectivity index (χ0) is 28.4. The van der Waals surface area contributed by atoms with Crippen molar-refractivity contribution in [3.8, 4) is 5.75 Å². The number of anilines is 1. The molecule has 0 radical (unpaired) electrons. The monoisotopic (exact) mass is 537 g/mol. The van der Waals surface area contributed by atoms with Gasteiger partial charge >= 0.3 is 7.12 Å². The Morgan fingerprint density at radius 1 is 1.18 bits per heavy atom. The SMILES string of the molecule is CC/C(=C\c1ccc(O)c(F)c1)CC[C@@H](O)C1=C(C)C[C@H]2C(=O)N(c3cccc(B(O)O)c3)C(=O)[C@H]2[C@H]1CO. The summed E-state index contributed by atoms with van der Waals surface area (Å²) in [4.78, 5) is 27.9. The number of halogens is 1. The summed E-state index contributed by atoms with van der Waals surface area (Å²) in [7, 11) is -1.76. The van der Waals surface area contributed by atoms with Crippen LogP contribution in [0.5, 0.6) is 5.75 Å². The van der Waals surface area contributed by atoms with E-state index in [1.165, 1.54) is 30.3 Å². The minimum atomic E-state index is -1.76. The minimum absolute atomic E-state index is 0.141. The van der Waals surface area contributed by atoms with E-state index in [1.807, 2.05) is 13.0 Å². The molecule has 1 heterocycles. The third kappa shape index (κ3) is 5.70. The molecule has 2 aliphatic rings. The second kappa shape index (κ2) is 11.8. The Morgan fingerprint density at radius 3 is 2.56 bits per heavy atom. The van der Waals surface area contributed by atoms with Gasteiger partial charge in [0.15, 0.2) is 11.6 Å². The van der Waals surface area contributed by atoms with Gasteiger partial charge in [0, 0.05) is 5.92 Å². The van der Waals surface area contributed by atoms with E-state index < -0.39 is 61.0 Å². The first kappa shape index (κ1) is 28.7. The molecule has 0 bridgehead atoms. The number of phenols is 1. The summed E-state index contributed by atoms with van der Waals surface area (Å²) in [6.45, 7) is 3.33. The summed E-state index contributed by atoms with van der Waals surface area (Å²) >= 11 is 0. The minimum Gasteiger partial charge on any atom is -0.505 e. The average molecular weight is 537 g/mol. The first-order chi connectivity index (χ1) is 18.6. The van der Waals surface area contributed by atoms with E-state index in [1.54, 1.807) is 19.1 Å². The zero-order valence-electron chi connectivity index (χ0n) is 21.9. The summed E-state index contributed by atoms with van der Waals surface area (Å²) in [5.41, 5.74) is 3.23. The fourth-order valence-corrected chi connectivity index (χ4v) is 5.87. The molecule has 39 heavy (non-hydrogen) atoms. The number of nitrogens with zero attached hydrogens (tertiary/aromatic N) is 1. The summed E-state index contributed by atoms with van der Waals surface area (Å²) in [5, 5.41) is 50.1. The van der Waals surface area contributed by atoms with E-state index in [0.29, 0.717) is 30.4 Å². The van der Waals surface area contributed by atoms with Gasteiger partial charge in [-0.05, 0) is 73.5 Å². The molecule has 2 amide bonds. The van der Waals surface area contributed by atoms with E-state index in [9.17, 15) is 39.3 Å². The molecule has 0 unspecified atom stereocenters. The summed E-state index contributed by atoms with van der Waals surface area (Å²) in [5.74, 6) is -4.33. The highest BCUT2D eigenvalue weighted by Gasteiger charge is 2.54. The Hall–Kier alpha value is -3.31. The Morgan fingerprint density at radius 2 is 1.92 bits per heavy atom. The van der Waals surface area contributed by atoms with Crippen molar-refractivity contribution < 1.29 is 39.3 Å². The second-order valence-corrected chi connectivity index (χ2v) is 10.3. The number of carbonyl (C=O) groups is 2. The lowest BCUT2D eigenvalue weighted by Crippen LogP contribution is -2.39. The normalized spacial score (nSPS) is 22.4. The van der Waals surface area contributed by atoms with Gasteiger partial charge in [-0.3, -0.25) is 14.5 Å². The number of imide groups is 1. The number of allylic oxidation sites excluding steroid dienone is 2. The van der Waals surface area contributed by atoms with Crippen LogP contribution in [-0.2, 0) is 9.59 Å². The van der Waals surface area contributed by atoms with E-state index in [-0.39, 0.29) is 17.6 Å². The van der Waals surface area contributed by atoms with Gasteiger partial charge in [-0.2, -0.15) is 0 Å². The molecule has 2 aromatic rings. The number of aromatic hydroxyl groups is 1. The fraction of sp³-hybridized carbons (Fsp3) is 0.379. The average Bonchev–Trinajstić information content (AvgIpc) is 3.16. The zero-order valence-corrected chi connectivity index (χ0v) is 21.9. The molecular formula is C29H33BFNO7. The summed E-state index contributed by atoms with van der Waals surface area (Å²) in [6.07, 6.45) is 2.57. The van der Waals surface area contributed by atoms with Gasteiger partial charge in [-0.25, -0.2) is 4.39 Å². The molecule has 1 aliphatic heterocycles. The molecule has 8 nitrogen and oxygen atoms in total. The molecule has 4 atom stereocenters. The molecule has 0 spiro atoms. The van der Waals surface area contributed by atoms with E-state index in [0.717, 1.165) is 16.0 Å². The van der Waals surface area contributed by atoms with Crippen LogP contribution in [0.25, 0.3) is 6.08 Å². The van der Waals surface area contributed by atoms with Crippen LogP contribution in [0.2, 0.25) is 0 Å². The van der Waals surface area contributed by atoms with E-state index >= 15 is 0 Å². The molecule has 5 N–H and O–H groups in total. The quantitative estimate of drug-likeness (QED) is 0.188. The number of amides is 2. The number of phenolic OH excluding ortho intramolecular Hbond substituents is 1. The number of benzene rings is 2. The highest BCUT2D eigenvalue weighted by atomic mass is 19.1. The van der Waals surface area contributed by atoms with Crippen molar-refractivity contribution in [2.75, 3.05) is 11.5 Å². The van der Waals surface area contributed by atoms with Crippen LogP contribution >= 0.6 is 0 Å². The number of rotatable bonds is 9. The van der Waals surface area contributed by atoms with Crippen LogP contribution in [0, 0.1) is 23.6 Å². The lowest BCUT2D eigenvalue weighted by molar-refractivity contribution is -0.123. The van der Waals surface area contributed by atoms with Crippen molar-refractivity contribution in [2.45, 2.75) is 45.6 Å². The smallest absolute Gasteiger partial charge is 0.488 e. The first-order valence-electron chi connectivity index (χ1n) is 13.1. The van der Waals surface area contributed by atoms with Gasteiger partial charge in [-0.1, -0.05) is 42.3 Å². The number of carbonyl (C=O) groups excluding carboxylic acids is 2. The molecule has 10 heteroatoms. The Labute approximate surface area is 226 Å². The number of fused-ring (bicyclic) bond motifs is 1. The third-order valence-corrected chi connectivity index (χ3v) is 7.85. The summed E-state index contributed by atoms with van der Waals surface area (Å²) < 4.78 is 13.7. The lowest BCUT2D eigenvalue weighted by atomic mass is 9.68. The van der Waals surface area contributed by atoms with Crippen LogP contribution in [-0.4, -0.2) is 57.0 Å². The number of aliphatic hydroxyl groups is 2. The van der Waals surface area contributed by atoms with Crippen molar-refractivity contribution >= 4 is 36.2 Å². The predicted octanol–water partition coefficient (Wildman–Crippen LogP) is 2.28. The Bertz CT molecular complexity index is 1320. The summed E-state index contributed by atoms with van der Waals surface area (Å²) in [6, 6.07) is 10.0. The topological polar surface area (TPSA) is 139 Å². The highest BCUT2D eigenvalue weighted by molar-refractivity contribution is 6.58. The predicted molar refractivity (Wildman–Crippen MR) is 145 cm³/mol. The van der Waals surface area contributed by atoms with Gasteiger partial charge < -0.3 is 25.4 Å². The highest BCUT2D eigenvalue weighted by Crippen LogP contribution is 2.47. The molecule has 1 aliphatic carbocycles. The van der Waals surface area contributed by atoms with Gasteiger partial charge in [0.1, 0.15) is 0 Å². The van der Waals surface area contributed by atoms with Crippen molar-refractivity contribution in [3.63, 3.8) is 0 Å². The molecule has 206 valence electrons. The molecular weight excluding hydrogens is 504 g/mol. The fourth-order valence-electron chi connectivity index (χ4n) is 5.87. The van der Waals surface area contributed by atoms with Crippen LogP contribution in [0.15, 0.2) is 59.2 Å². The standard InChI is InChI=1S/C29H33BFNO7/c1-3-17(12-18-8-9-24(34)23(31)13-18)7-10-25(35)26-16(2)11-21-27(22(26)15-33)29(37)32(28(21)36)20-6-4-5-19(14-20)30(38)39/h4-6,8-9,12-14,21-22,25,27,33-35,38-39H,3,7,10-11,15H2,1-2H3/b17-12+/t21-,22+,25-,27-/m1/s1. The van der Waals surface area contributed by atoms with Gasteiger partial charge in [0.05, 0.1) is 30.2 Å². The number of hydrogen-bond donors (Lipinski definition) is 5. The van der Waals surface area contributed by atoms with Gasteiger partial charge in [0.25, 0.3) is 0 Å². The van der Waals surface area contributed by atoms with Crippen LogP contribution in [0.3, 0.4) is 0 Å². The first-order valence-corrected chi connectivity index (χ1v) is 13.1. The number of aliphatic hydroxyl groups excluding tert-OH is 2. The molecule has 0 aromatic heterocycles. The van der Waals surface area contributed by atoms with E-state index in [4.69, 9.17) is 0 Å². The van der Waals surface area contributed by atoms with Crippen LogP contribution in [0.1, 0.15) is 45.1 Å². The van der Waals surface area contributed by atoms with Crippen molar-refractivity contribution in [1.29, 1.82) is 0 Å². The van der Waals surface area contributed by atoms with Crippen molar-refractivity contribution in [3.05, 3.63) is 70.6 Å². The Balaban J connectivity index is 1.55. The largest absolute Gasteiger partial charge is 0.505 e. The third-order valence-electron chi connectivity index (χ3n) is 7.85. The van der Waals surface area contributed by atoms with Crippen LogP contribution in [0.4, 0.5) is 10.1 Å². The van der Waals surface area contributed by atoms with Gasteiger partial charge in [-0.15, -0.1) is 0 Å². The molecule has 4 rings (SSSR count). The maximum atomic E-state index is 13.7. The maximum Gasteiger partial charge on any atom is 0.488 e.